The van der Waals surface area contributed by atoms with Gasteiger partial charge in [-0.3, -0.25) is 23.7 Å². The van der Waals surface area contributed by atoms with E-state index in [1.807, 2.05) is 43.3 Å². The molecular formula is C31H34N4O5S2. The lowest BCUT2D eigenvalue weighted by Crippen LogP contribution is -2.43. The summed E-state index contributed by atoms with van der Waals surface area (Å²) in [6.45, 7) is 9.70. The van der Waals surface area contributed by atoms with Crippen LogP contribution in [0.5, 0.6) is 0 Å². The lowest BCUT2D eigenvalue weighted by Gasteiger charge is -2.31. The summed E-state index contributed by atoms with van der Waals surface area (Å²) in [5.74, 6) is -1.86. The number of aromatic nitrogens is 1. The highest BCUT2D eigenvalue weighted by Gasteiger charge is 2.56. The van der Waals surface area contributed by atoms with Crippen molar-refractivity contribution >= 4 is 52.2 Å². The molecule has 0 radical (unpaired) electrons. The summed E-state index contributed by atoms with van der Waals surface area (Å²) in [4.78, 5) is 60.4. The van der Waals surface area contributed by atoms with Gasteiger partial charge >= 0.3 is 4.87 Å². The number of amides is 3. The first-order valence-corrected chi connectivity index (χ1v) is 16.1. The third kappa shape index (κ3) is 4.97. The number of anilines is 2. The number of nitrogens with zero attached hydrogens (tertiary/aromatic N) is 4. The molecule has 3 aliphatic heterocycles. The van der Waals surface area contributed by atoms with E-state index in [1.54, 1.807) is 17.0 Å². The Morgan fingerprint density at radius 1 is 0.952 bits per heavy atom. The number of carbonyl (C=O) groups excluding carboxylic acids is 3. The number of aryl methyl sites for hydroxylation is 1. The number of fused-ring (bicyclic) bond motifs is 2. The summed E-state index contributed by atoms with van der Waals surface area (Å²) >= 11 is 2.33. The first kappa shape index (κ1) is 28.7. The molecule has 1 aromatic heterocycles. The Morgan fingerprint density at radius 2 is 1.62 bits per heavy atom. The molecule has 0 aliphatic carbocycles. The van der Waals surface area contributed by atoms with Gasteiger partial charge in [-0.05, 0) is 50.6 Å². The molecule has 3 atom stereocenters. The second-order valence-electron chi connectivity index (χ2n) is 10.8. The number of rotatable bonds is 7. The van der Waals surface area contributed by atoms with E-state index < -0.39 is 17.1 Å². The fraction of sp³-hybridized carbons (Fsp3) is 0.419. The fourth-order valence-corrected chi connectivity index (χ4v) is 8.87. The van der Waals surface area contributed by atoms with E-state index in [0.717, 1.165) is 46.1 Å². The molecule has 2 fully saturated rings. The standard InChI is InChI=1S/C31H34N4O5S2/c1-4-32(5-2)21-12-8-20(9-13-21)24-25-26(29(38)35(28(25)37)22-10-6-19(3)7-11-22)41-30-27(24)42-31(39)34(30)18-23(36)33-14-16-40-17-15-33/h6-13,24-26H,4-5,14-18H2,1-3H3. The van der Waals surface area contributed by atoms with E-state index in [9.17, 15) is 19.2 Å². The maximum Gasteiger partial charge on any atom is 0.308 e. The van der Waals surface area contributed by atoms with Gasteiger partial charge in [0.05, 0.1) is 29.8 Å². The molecule has 2 saturated heterocycles. The number of ether oxygens (including phenoxy) is 1. The van der Waals surface area contributed by atoms with E-state index in [0.29, 0.717) is 37.0 Å². The monoisotopic (exact) mass is 606 g/mol. The Balaban J connectivity index is 1.43. The molecule has 42 heavy (non-hydrogen) atoms. The van der Waals surface area contributed by atoms with Crippen LogP contribution in [0.25, 0.3) is 0 Å². The second-order valence-corrected chi connectivity index (χ2v) is 12.9. The van der Waals surface area contributed by atoms with Crippen LogP contribution < -0.4 is 14.7 Å². The third-order valence-corrected chi connectivity index (χ3v) is 11.0. The van der Waals surface area contributed by atoms with Crippen LogP contribution in [0.15, 0.2) is 58.4 Å². The Labute approximate surface area is 253 Å². The number of thioether (sulfide) groups is 1. The van der Waals surface area contributed by atoms with Gasteiger partial charge < -0.3 is 14.5 Å². The van der Waals surface area contributed by atoms with Crippen molar-refractivity contribution in [3.8, 4) is 0 Å². The van der Waals surface area contributed by atoms with Crippen molar-refractivity contribution in [2.75, 3.05) is 49.2 Å². The summed E-state index contributed by atoms with van der Waals surface area (Å²) in [5, 5.41) is -0.102. The predicted octanol–water partition coefficient (Wildman–Crippen LogP) is 3.72. The Morgan fingerprint density at radius 3 is 2.26 bits per heavy atom. The van der Waals surface area contributed by atoms with Crippen molar-refractivity contribution in [1.82, 2.24) is 9.47 Å². The van der Waals surface area contributed by atoms with Crippen LogP contribution >= 0.6 is 23.1 Å². The number of carbonyl (C=O) groups is 3. The zero-order valence-electron chi connectivity index (χ0n) is 23.9. The molecule has 0 N–H and O–H groups in total. The number of hydrogen-bond donors (Lipinski definition) is 0. The first-order chi connectivity index (χ1) is 20.3. The highest BCUT2D eigenvalue weighted by Crippen LogP contribution is 2.54. The van der Waals surface area contributed by atoms with Crippen LogP contribution in [-0.2, 0) is 25.7 Å². The quantitative estimate of drug-likeness (QED) is 0.379. The molecule has 0 saturated carbocycles. The molecule has 220 valence electrons. The lowest BCUT2D eigenvalue weighted by molar-refractivity contribution is -0.136. The molecule has 4 heterocycles. The van der Waals surface area contributed by atoms with E-state index >= 15 is 0 Å². The maximum atomic E-state index is 14.1. The lowest BCUT2D eigenvalue weighted by atomic mass is 9.83. The van der Waals surface area contributed by atoms with E-state index in [-0.39, 0.29) is 29.1 Å². The average Bonchev–Trinajstić information content (AvgIpc) is 3.45. The molecule has 6 rings (SSSR count). The number of morpholine rings is 1. The van der Waals surface area contributed by atoms with Gasteiger partial charge in [-0.25, -0.2) is 4.90 Å². The van der Waals surface area contributed by atoms with Crippen molar-refractivity contribution < 1.29 is 19.1 Å². The largest absolute Gasteiger partial charge is 0.378 e. The van der Waals surface area contributed by atoms with Crippen LogP contribution in [0.2, 0.25) is 0 Å². The topological polar surface area (TPSA) is 92.2 Å². The van der Waals surface area contributed by atoms with Gasteiger partial charge in [-0.15, -0.1) is 0 Å². The highest BCUT2D eigenvalue weighted by atomic mass is 32.2. The van der Waals surface area contributed by atoms with Crippen molar-refractivity contribution in [1.29, 1.82) is 0 Å². The molecular weight excluding hydrogens is 572 g/mol. The number of hydrogen-bond acceptors (Lipinski definition) is 8. The van der Waals surface area contributed by atoms with Crippen LogP contribution in [0.1, 0.15) is 35.8 Å². The van der Waals surface area contributed by atoms with E-state index in [1.165, 1.54) is 21.2 Å². The normalized spacial score (nSPS) is 21.8. The minimum atomic E-state index is -0.711. The Bertz CT molecular complexity index is 1560. The van der Waals surface area contributed by atoms with E-state index in [4.69, 9.17) is 4.74 Å². The van der Waals surface area contributed by atoms with Crippen LogP contribution in [0, 0.1) is 12.8 Å². The molecule has 3 aromatic rings. The molecule has 3 amide bonds. The molecule has 11 heteroatoms. The van der Waals surface area contributed by atoms with Gasteiger partial charge in [0.2, 0.25) is 17.7 Å². The summed E-state index contributed by atoms with van der Waals surface area (Å²) in [5.41, 5.74) is 3.53. The van der Waals surface area contributed by atoms with Gasteiger partial charge in [0.25, 0.3) is 0 Å². The predicted molar refractivity (Wildman–Crippen MR) is 165 cm³/mol. The SMILES string of the molecule is CCN(CC)c1ccc(C2c3sc(=O)n(CC(=O)N4CCOCC4)c3SC3C(=O)N(c4ccc(C)cc4)C(=O)C32)cc1. The third-order valence-electron chi connectivity index (χ3n) is 8.38. The van der Waals surface area contributed by atoms with Crippen molar-refractivity contribution in [2.45, 2.75) is 43.5 Å². The zero-order chi connectivity index (χ0) is 29.5. The van der Waals surface area contributed by atoms with Gasteiger partial charge in [0.1, 0.15) is 11.8 Å². The number of imide groups is 1. The van der Waals surface area contributed by atoms with Gasteiger partial charge in [0, 0.05) is 42.7 Å². The minimum absolute atomic E-state index is 0.105. The Kier molecular flexibility index (Phi) is 7.99. The molecule has 0 spiro atoms. The smallest absolute Gasteiger partial charge is 0.308 e. The maximum absolute atomic E-state index is 14.1. The van der Waals surface area contributed by atoms with Crippen molar-refractivity contribution in [2.24, 2.45) is 5.92 Å². The van der Waals surface area contributed by atoms with Crippen molar-refractivity contribution in [3.05, 3.63) is 74.2 Å². The van der Waals surface area contributed by atoms with Crippen LogP contribution in [0.3, 0.4) is 0 Å². The van der Waals surface area contributed by atoms with Crippen molar-refractivity contribution in [3.63, 3.8) is 0 Å². The molecule has 3 aliphatic rings. The summed E-state index contributed by atoms with van der Waals surface area (Å²) in [6, 6.07) is 15.5. The second kappa shape index (κ2) is 11.7. The minimum Gasteiger partial charge on any atom is -0.378 e. The average molecular weight is 607 g/mol. The van der Waals surface area contributed by atoms with E-state index in [2.05, 4.69) is 18.7 Å². The summed E-state index contributed by atoms with van der Waals surface area (Å²) in [6.07, 6.45) is 0. The number of benzene rings is 2. The number of thiazole rings is 1. The molecule has 0 bridgehead atoms. The molecule has 2 aromatic carbocycles. The van der Waals surface area contributed by atoms with Crippen LogP contribution in [-0.4, -0.2) is 71.8 Å². The first-order valence-electron chi connectivity index (χ1n) is 14.4. The van der Waals surface area contributed by atoms with Crippen LogP contribution in [0.4, 0.5) is 11.4 Å². The summed E-state index contributed by atoms with van der Waals surface area (Å²) < 4.78 is 6.88. The zero-order valence-corrected chi connectivity index (χ0v) is 25.6. The molecule has 9 nitrogen and oxygen atoms in total. The fourth-order valence-electron chi connectivity index (χ4n) is 6.09. The summed E-state index contributed by atoms with van der Waals surface area (Å²) in [7, 11) is 0. The Hall–Kier alpha value is -3.41. The molecule has 3 unspecified atom stereocenters. The van der Waals surface area contributed by atoms with Gasteiger partial charge in [0.15, 0.2) is 0 Å². The van der Waals surface area contributed by atoms with Gasteiger partial charge in [-0.2, -0.15) is 0 Å². The highest BCUT2D eigenvalue weighted by molar-refractivity contribution is 8.00. The van der Waals surface area contributed by atoms with Gasteiger partial charge in [-0.1, -0.05) is 52.9 Å².